The third kappa shape index (κ3) is 3.18. The van der Waals surface area contributed by atoms with Crippen LogP contribution in [0.3, 0.4) is 0 Å². The summed E-state index contributed by atoms with van der Waals surface area (Å²) in [5.74, 6) is -0.190. The van der Waals surface area contributed by atoms with Gasteiger partial charge in [0.2, 0.25) is 0 Å². The largest absolute Gasteiger partial charge is 0.381 e. The predicted molar refractivity (Wildman–Crippen MR) is 113 cm³/mol. The van der Waals surface area contributed by atoms with Crippen LogP contribution in [0.2, 0.25) is 0 Å². The standard InChI is InChI=1S/C23H23F3N4O2/c1-12(14-4-3-5-15(18(14)24)19(25)26)29-20-16-8-17(23-6-7-32-10-13(23)9-23)22(31)30(2)21(16)28-11-27-20/h3-5,8,11-13,19H,6-7,9-10H2,1-2H3,(H,27,28,29)/t12-,13?,23?/m1/s1. The van der Waals surface area contributed by atoms with E-state index in [2.05, 4.69) is 15.3 Å². The Labute approximate surface area is 182 Å². The number of rotatable bonds is 5. The summed E-state index contributed by atoms with van der Waals surface area (Å²) in [6, 6.07) is 5.17. The van der Waals surface area contributed by atoms with Gasteiger partial charge < -0.3 is 10.1 Å². The number of hydrogen-bond donors (Lipinski definition) is 1. The predicted octanol–water partition coefficient (Wildman–Crippen LogP) is 4.26. The van der Waals surface area contributed by atoms with Crippen LogP contribution in [-0.2, 0) is 17.2 Å². The lowest BCUT2D eigenvalue weighted by molar-refractivity contribution is 0.0799. The van der Waals surface area contributed by atoms with E-state index >= 15 is 0 Å². The van der Waals surface area contributed by atoms with Gasteiger partial charge in [0.05, 0.1) is 23.6 Å². The molecular weight excluding hydrogens is 421 g/mol. The van der Waals surface area contributed by atoms with E-state index in [1.54, 1.807) is 14.0 Å². The van der Waals surface area contributed by atoms with E-state index in [1.165, 1.54) is 23.0 Å². The molecule has 3 heterocycles. The lowest BCUT2D eigenvalue weighted by atomic mass is 9.89. The molecule has 1 N–H and O–H groups in total. The van der Waals surface area contributed by atoms with Crippen molar-refractivity contribution in [2.45, 2.75) is 37.6 Å². The number of fused-ring (bicyclic) bond motifs is 2. The highest BCUT2D eigenvalue weighted by molar-refractivity contribution is 5.87. The summed E-state index contributed by atoms with van der Waals surface area (Å²) < 4.78 is 48.0. The van der Waals surface area contributed by atoms with Gasteiger partial charge in [-0.1, -0.05) is 18.2 Å². The second kappa shape index (κ2) is 7.58. The van der Waals surface area contributed by atoms with Crippen molar-refractivity contribution in [2.24, 2.45) is 13.0 Å². The molecule has 1 aliphatic heterocycles. The number of halogens is 3. The molecule has 9 heteroatoms. The Morgan fingerprint density at radius 3 is 2.81 bits per heavy atom. The summed E-state index contributed by atoms with van der Waals surface area (Å²) in [7, 11) is 1.67. The van der Waals surface area contributed by atoms with Gasteiger partial charge in [0.1, 0.15) is 23.6 Å². The van der Waals surface area contributed by atoms with Crippen LogP contribution in [0.1, 0.15) is 48.9 Å². The molecule has 32 heavy (non-hydrogen) atoms. The molecule has 1 aromatic carbocycles. The maximum atomic E-state index is 14.7. The van der Waals surface area contributed by atoms with Gasteiger partial charge in [0, 0.05) is 30.2 Å². The van der Waals surface area contributed by atoms with Gasteiger partial charge >= 0.3 is 0 Å². The zero-order chi connectivity index (χ0) is 22.6. The van der Waals surface area contributed by atoms with Gasteiger partial charge in [-0.05, 0) is 31.7 Å². The number of pyridine rings is 1. The Bertz CT molecular complexity index is 1260. The van der Waals surface area contributed by atoms with Gasteiger partial charge in [0.15, 0.2) is 0 Å². The first-order valence-corrected chi connectivity index (χ1v) is 10.6. The minimum Gasteiger partial charge on any atom is -0.381 e. The maximum absolute atomic E-state index is 14.7. The molecule has 2 unspecified atom stereocenters. The maximum Gasteiger partial charge on any atom is 0.266 e. The van der Waals surface area contributed by atoms with Crippen LogP contribution in [-0.4, -0.2) is 27.7 Å². The molecule has 168 valence electrons. The van der Waals surface area contributed by atoms with Gasteiger partial charge in [-0.2, -0.15) is 0 Å². The van der Waals surface area contributed by atoms with E-state index in [0.717, 1.165) is 24.5 Å². The molecule has 6 nitrogen and oxygen atoms in total. The average Bonchev–Trinajstić information content (AvgIpc) is 3.52. The quantitative estimate of drug-likeness (QED) is 0.637. The van der Waals surface area contributed by atoms with E-state index < -0.39 is 23.8 Å². The Balaban J connectivity index is 1.57. The Kier molecular flexibility index (Phi) is 4.96. The van der Waals surface area contributed by atoms with E-state index in [0.29, 0.717) is 36.0 Å². The van der Waals surface area contributed by atoms with Crippen LogP contribution in [0, 0.1) is 11.7 Å². The number of nitrogens with zero attached hydrogens (tertiary/aromatic N) is 3. The molecular formula is C23H23F3N4O2. The highest BCUT2D eigenvalue weighted by atomic mass is 19.3. The molecule has 0 radical (unpaired) electrons. The number of aryl methyl sites for hydroxylation is 1. The summed E-state index contributed by atoms with van der Waals surface area (Å²) in [6.45, 7) is 2.94. The number of ether oxygens (including phenoxy) is 1. The number of aromatic nitrogens is 3. The zero-order valence-electron chi connectivity index (χ0n) is 17.7. The van der Waals surface area contributed by atoms with E-state index in [-0.39, 0.29) is 16.5 Å². The monoisotopic (exact) mass is 444 g/mol. The first-order chi connectivity index (χ1) is 15.3. The fraction of sp³-hybridized carbons (Fsp3) is 0.435. The van der Waals surface area contributed by atoms with Crippen LogP contribution in [0.5, 0.6) is 0 Å². The first-order valence-electron chi connectivity index (χ1n) is 10.6. The number of hydrogen-bond acceptors (Lipinski definition) is 5. The summed E-state index contributed by atoms with van der Waals surface area (Å²) in [6.07, 6.45) is 0.127. The summed E-state index contributed by atoms with van der Waals surface area (Å²) in [5, 5.41) is 3.77. The van der Waals surface area contributed by atoms with Crippen molar-refractivity contribution in [1.29, 1.82) is 0 Å². The van der Waals surface area contributed by atoms with Crippen molar-refractivity contribution in [1.82, 2.24) is 14.5 Å². The van der Waals surface area contributed by atoms with Crippen molar-refractivity contribution in [2.75, 3.05) is 18.5 Å². The summed E-state index contributed by atoms with van der Waals surface area (Å²) >= 11 is 0. The fourth-order valence-electron chi connectivity index (χ4n) is 4.95. The molecule has 5 rings (SSSR count). The molecule has 3 aromatic rings. The molecule has 1 saturated heterocycles. The molecule has 3 atom stereocenters. The molecule has 0 bridgehead atoms. The van der Waals surface area contributed by atoms with Crippen molar-refractivity contribution in [3.05, 3.63) is 63.5 Å². The van der Waals surface area contributed by atoms with Crippen LogP contribution in [0.15, 0.2) is 35.4 Å². The van der Waals surface area contributed by atoms with Gasteiger partial charge in [-0.3, -0.25) is 9.36 Å². The number of nitrogens with one attached hydrogen (secondary N) is 1. The molecule has 2 aromatic heterocycles. The molecule has 2 fully saturated rings. The number of anilines is 1. The summed E-state index contributed by atoms with van der Waals surface area (Å²) in [4.78, 5) is 21.7. The van der Waals surface area contributed by atoms with Crippen LogP contribution in [0.25, 0.3) is 11.0 Å². The molecule has 1 aliphatic carbocycles. The lowest BCUT2D eigenvalue weighted by Gasteiger charge is -2.24. The number of alkyl halides is 2. The van der Waals surface area contributed by atoms with Gasteiger partial charge in [-0.25, -0.2) is 23.1 Å². The Morgan fingerprint density at radius 2 is 2.06 bits per heavy atom. The van der Waals surface area contributed by atoms with E-state index in [4.69, 9.17) is 4.74 Å². The zero-order valence-corrected chi connectivity index (χ0v) is 17.7. The topological polar surface area (TPSA) is 69.0 Å². The van der Waals surface area contributed by atoms with Crippen molar-refractivity contribution in [3.8, 4) is 0 Å². The van der Waals surface area contributed by atoms with Crippen LogP contribution < -0.4 is 10.9 Å². The van der Waals surface area contributed by atoms with Crippen LogP contribution in [0.4, 0.5) is 19.0 Å². The minimum atomic E-state index is -2.90. The van der Waals surface area contributed by atoms with Gasteiger partial charge in [0.25, 0.3) is 12.0 Å². The highest BCUT2D eigenvalue weighted by Crippen LogP contribution is 2.58. The molecule has 1 saturated carbocycles. The smallest absolute Gasteiger partial charge is 0.266 e. The third-order valence-corrected chi connectivity index (χ3v) is 6.90. The van der Waals surface area contributed by atoms with Crippen molar-refractivity contribution in [3.63, 3.8) is 0 Å². The molecule has 0 amide bonds. The van der Waals surface area contributed by atoms with Crippen LogP contribution >= 0.6 is 0 Å². The third-order valence-electron chi connectivity index (χ3n) is 6.90. The SMILES string of the molecule is C[C@@H](Nc1ncnc2c1cc(C13CCOCC1C3)c(=O)n2C)c1cccc(C(F)F)c1F. The molecule has 2 aliphatic rings. The normalized spacial score (nSPS) is 23.2. The lowest BCUT2D eigenvalue weighted by Crippen LogP contribution is -2.32. The Hall–Kier alpha value is -2.94. The summed E-state index contributed by atoms with van der Waals surface area (Å²) in [5.41, 5.74) is 0.382. The minimum absolute atomic E-state index is 0.0877. The second-order valence-electron chi connectivity index (χ2n) is 8.68. The average molecular weight is 444 g/mol. The first kappa shape index (κ1) is 20.9. The van der Waals surface area contributed by atoms with Crippen molar-refractivity contribution >= 4 is 16.9 Å². The highest BCUT2D eigenvalue weighted by Gasteiger charge is 2.58. The second-order valence-corrected chi connectivity index (χ2v) is 8.68. The van der Waals surface area contributed by atoms with E-state index in [9.17, 15) is 18.0 Å². The van der Waals surface area contributed by atoms with Gasteiger partial charge in [-0.15, -0.1) is 0 Å². The number of benzene rings is 1. The Morgan fingerprint density at radius 1 is 1.28 bits per heavy atom. The molecule has 0 spiro atoms. The van der Waals surface area contributed by atoms with E-state index in [1.807, 2.05) is 6.07 Å². The fourth-order valence-corrected chi connectivity index (χ4v) is 4.95. The van der Waals surface area contributed by atoms with Crippen molar-refractivity contribution < 1.29 is 17.9 Å².